The number of aromatic nitrogens is 3. The molecule has 210 valence electrons. The van der Waals surface area contributed by atoms with Crippen molar-refractivity contribution < 1.29 is 12.8 Å². The maximum Gasteiger partial charge on any atom is 0.237 e. The van der Waals surface area contributed by atoms with E-state index in [1.807, 2.05) is 19.1 Å². The molecule has 0 unspecified atom stereocenters. The number of aryl methyl sites for hydroxylation is 1. The van der Waals surface area contributed by atoms with Crippen molar-refractivity contribution in [2.24, 2.45) is 0 Å². The average molecular weight is 563 g/mol. The Morgan fingerprint density at radius 3 is 2.42 bits per heavy atom. The first-order chi connectivity index (χ1) is 19.2. The highest BCUT2D eigenvalue weighted by atomic mass is 32.2. The average Bonchev–Trinajstić information content (AvgIpc) is 2.94. The van der Waals surface area contributed by atoms with Gasteiger partial charge in [-0.15, -0.1) is 0 Å². The zero-order chi connectivity index (χ0) is 28.3. The Balaban J connectivity index is 1.34. The number of pyridine rings is 1. The minimum absolute atomic E-state index is 0.102. The standard InChI is InChI=1S/C30H35FN6O2S/c1-4-21-17-27(22-10-15-26(25(31)16-22)36-40(38,39)19-20-8-6-5-7-9-20)34-28-18-32-30(35-29(21)28)33-23-11-13-24(14-12-23)37(2)3/h5-10,15-18,23-24,36H,4,11-14,19H2,1-3H3,(H,32,33,35)/t23-,24-. The van der Waals surface area contributed by atoms with Gasteiger partial charge in [0.15, 0.2) is 0 Å². The molecule has 8 nitrogen and oxygen atoms in total. The largest absolute Gasteiger partial charge is 0.351 e. The molecule has 1 saturated carbocycles. The van der Waals surface area contributed by atoms with Crippen LogP contribution in [0.2, 0.25) is 0 Å². The molecule has 0 saturated heterocycles. The molecule has 2 heterocycles. The molecule has 0 atom stereocenters. The zero-order valence-electron chi connectivity index (χ0n) is 23.1. The SMILES string of the molecule is CCc1cc(-c2ccc(NS(=O)(=O)Cc3ccccc3)c(F)c2)nc2cnc(N[C@H]3CC[C@H](N(C)C)CC3)nc12. The molecule has 1 aliphatic rings. The van der Waals surface area contributed by atoms with E-state index >= 15 is 4.39 Å². The summed E-state index contributed by atoms with van der Waals surface area (Å²) in [6.45, 7) is 2.04. The van der Waals surface area contributed by atoms with Gasteiger partial charge in [-0.2, -0.15) is 0 Å². The van der Waals surface area contributed by atoms with Crippen LogP contribution < -0.4 is 10.0 Å². The van der Waals surface area contributed by atoms with Crippen LogP contribution in [0.1, 0.15) is 43.7 Å². The first-order valence-corrected chi connectivity index (χ1v) is 15.3. The summed E-state index contributed by atoms with van der Waals surface area (Å²) in [5, 5.41) is 3.50. The van der Waals surface area contributed by atoms with Gasteiger partial charge < -0.3 is 10.2 Å². The number of hydrogen-bond acceptors (Lipinski definition) is 7. The summed E-state index contributed by atoms with van der Waals surface area (Å²) in [6.07, 6.45) is 6.87. The number of halogens is 1. The number of hydrogen-bond donors (Lipinski definition) is 2. The van der Waals surface area contributed by atoms with Gasteiger partial charge in [-0.3, -0.25) is 4.72 Å². The highest BCUT2D eigenvalue weighted by Crippen LogP contribution is 2.29. The zero-order valence-corrected chi connectivity index (χ0v) is 23.9. The van der Waals surface area contributed by atoms with Crippen molar-refractivity contribution in [2.45, 2.75) is 56.9 Å². The van der Waals surface area contributed by atoms with Crippen molar-refractivity contribution in [1.29, 1.82) is 0 Å². The maximum absolute atomic E-state index is 15.1. The van der Waals surface area contributed by atoms with Gasteiger partial charge in [0.05, 0.1) is 28.8 Å². The Hall–Kier alpha value is -3.63. The molecule has 2 aromatic heterocycles. The van der Waals surface area contributed by atoms with Crippen molar-refractivity contribution in [3.05, 3.63) is 77.7 Å². The summed E-state index contributed by atoms with van der Waals surface area (Å²) in [7, 11) is 0.490. The summed E-state index contributed by atoms with van der Waals surface area (Å²) in [4.78, 5) is 16.3. The molecule has 10 heteroatoms. The molecule has 2 aromatic carbocycles. The second-order valence-corrected chi connectivity index (χ2v) is 12.3. The van der Waals surface area contributed by atoms with Crippen molar-refractivity contribution in [3.8, 4) is 11.3 Å². The van der Waals surface area contributed by atoms with E-state index in [1.165, 1.54) is 12.1 Å². The van der Waals surface area contributed by atoms with Gasteiger partial charge in [0.25, 0.3) is 0 Å². The molecule has 0 bridgehead atoms. The molecule has 0 spiro atoms. The number of sulfonamides is 1. The van der Waals surface area contributed by atoms with E-state index in [4.69, 9.17) is 9.97 Å². The van der Waals surface area contributed by atoms with Crippen LogP contribution in [0, 0.1) is 5.82 Å². The predicted molar refractivity (Wildman–Crippen MR) is 158 cm³/mol. The van der Waals surface area contributed by atoms with Crippen LogP contribution >= 0.6 is 0 Å². The number of nitrogens with zero attached hydrogens (tertiary/aromatic N) is 4. The van der Waals surface area contributed by atoms with Crippen LogP contribution in [0.5, 0.6) is 0 Å². The van der Waals surface area contributed by atoms with Crippen LogP contribution in [0.3, 0.4) is 0 Å². The van der Waals surface area contributed by atoms with Crippen molar-refractivity contribution in [3.63, 3.8) is 0 Å². The molecule has 4 aromatic rings. The predicted octanol–water partition coefficient (Wildman–Crippen LogP) is 5.62. The minimum Gasteiger partial charge on any atom is -0.351 e. The molecule has 1 fully saturated rings. The molecule has 2 N–H and O–H groups in total. The Morgan fingerprint density at radius 2 is 1.75 bits per heavy atom. The van der Waals surface area contributed by atoms with Crippen LogP contribution in [0.25, 0.3) is 22.3 Å². The summed E-state index contributed by atoms with van der Waals surface area (Å²) in [5.41, 5.74) is 4.02. The first-order valence-electron chi connectivity index (χ1n) is 13.6. The van der Waals surface area contributed by atoms with Crippen molar-refractivity contribution in [1.82, 2.24) is 19.9 Å². The van der Waals surface area contributed by atoms with Gasteiger partial charge in [-0.1, -0.05) is 43.3 Å². The lowest BCUT2D eigenvalue weighted by molar-refractivity contribution is 0.221. The van der Waals surface area contributed by atoms with Gasteiger partial charge >= 0.3 is 0 Å². The third kappa shape index (κ3) is 6.56. The maximum atomic E-state index is 15.1. The molecular formula is C30H35FN6O2S. The number of anilines is 2. The Morgan fingerprint density at radius 1 is 1.00 bits per heavy atom. The quantitative estimate of drug-likeness (QED) is 0.273. The molecule has 0 radical (unpaired) electrons. The smallest absolute Gasteiger partial charge is 0.237 e. The minimum atomic E-state index is -3.78. The number of fused-ring (bicyclic) bond motifs is 1. The van der Waals surface area contributed by atoms with Crippen LogP contribution in [-0.4, -0.2) is 54.4 Å². The number of rotatable bonds is 9. The molecule has 0 amide bonds. The van der Waals surface area contributed by atoms with Crippen molar-refractivity contribution in [2.75, 3.05) is 24.1 Å². The Kier molecular flexibility index (Phi) is 8.27. The summed E-state index contributed by atoms with van der Waals surface area (Å²) in [6, 6.07) is 16.1. The van der Waals surface area contributed by atoms with E-state index in [2.05, 4.69) is 34.0 Å². The first kappa shape index (κ1) is 27.9. The lowest BCUT2D eigenvalue weighted by Crippen LogP contribution is -2.36. The highest BCUT2D eigenvalue weighted by molar-refractivity contribution is 7.91. The van der Waals surface area contributed by atoms with Gasteiger partial charge in [-0.05, 0) is 75.5 Å². The van der Waals surface area contributed by atoms with E-state index in [9.17, 15) is 8.42 Å². The lowest BCUT2D eigenvalue weighted by atomic mass is 9.91. The van der Waals surface area contributed by atoms with Gasteiger partial charge in [0.2, 0.25) is 16.0 Å². The van der Waals surface area contributed by atoms with E-state index in [0.717, 1.165) is 43.2 Å². The van der Waals surface area contributed by atoms with E-state index in [1.54, 1.807) is 36.5 Å². The second-order valence-electron chi connectivity index (χ2n) is 10.6. The van der Waals surface area contributed by atoms with Crippen LogP contribution in [0.15, 0.2) is 60.8 Å². The van der Waals surface area contributed by atoms with E-state index < -0.39 is 15.8 Å². The van der Waals surface area contributed by atoms with Crippen molar-refractivity contribution >= 4 is 32.7 Å². The fourth-order valence-corrected chi connectivity index (χ4v) is 6.45. The third-order valence-corrected chi connectivity index (χ3v) is 8.74. The van der Waals surface area contributed by atoms with Crippen LogP contribution in [-0.2, 0) is 22.2 Å². The Labute approximate surface area is 235 Å². The molecule has 5 rings (SSSR count). The molecule has 0 aliphatic heterocycles. The monoisotopic (exact) mass is 562 g/mol. The highest BCUT2D eigenvalue weighted by Gasteiger charge is 2.23. The second kappa shape index (κ2) is 11.9. The Bertz CT molecular complexity index is 1590. The van der Waals surface area contributed by atoms with E-state index in [-0.39, 0.29) is 11.4 Å². The number of nitrogens with one attached hydrogen (secondary N) is 2. The summed E-state index contributed by atoms with van der Waals surface area (Å²) < 4.78 is 42.6. The topological polar surface area (TPSA) is 100 Å². The van der Waals surface area contributed by atoms with E-state index in [0.29, 0.717) is 40.4 Å². The summed E-state index contributed by atoms with van der Waals surface area (Å²) >= 11 is 0. The fraction of sp³-hybridized carbons (Fsp3) is 0.367. The van der Waals surface area contributed by atoms with Gasteiger partial charge in [0, 0.05) is 17.6 Å². The van der Waals surface area contributed by atoms with Crippen LogP contribution in [0.4, 0.5) is 16.0 Å². The normalized spacial score (nSPS) is 17.7. The summed E-state index contributed by atoms with van der Waals surface area (Å²) in [5.74, 6) is -0.313. The van der Waals surface area contributed by atoms with Gasteiger partial charge in [-0.25, -0.2) is 27.8 Å². The molecule has 1 aliphatic carbocycles. The fourth-order valence-electron chi connectivity index (χ4n) is 5.25. The molecule has 40 heavy (non-hydrogen) atoms. The third-order valence-electron chi connectivity index (χ3n) is 7.50. The number of benzene rings is 2. The van der Waals surface area contributed by atoms with Gasteiger partial charge in [0.1, 0.15) is 11.3 Å². The molecular weight excluding hydrogens is 527 g/mol. The lowest BCUT2D eigenvalue weighted by Gasteiger charge is -2.32.